The number of ether oxygens (including phenoxy) is 1. The zero-order valence-corrected chi connectivity index (χ0v) is 13.1. The van der Waals surface area contributed by atoms with Crippen LogP contribution >= 0.6 is 11.8 Å². The second-order valence-electron chi connectivity index (χ2n) is 4.55. The number of carbonyl (C=O) groups is 1. The van der Waals surface area contributed by atoms with Crippen molar-refractivity contribution in [2.45, 2.75) is 6.42 Å². The predicted molar refractivity (Wildman–Crippen MR) is 86.5 cm³/mol. The van der Waals surface area contributed by atoms with Gasteiger partial charge in [-0.1, -0.05) is 0 Å². The molecule has 20 heavy (non-hydrogen) atoms. The van der Waals surface area contributed by atoms with Gasteiger partial charge in [0.15, 0.2) is 0 Å². The quantitative estimate of drug-likeness (QED) is 0.717. The molecule has 0 bridgehead atoms. The lowest BCUT2D eigenvalue weighted by atomic mass is 10.2. The van der Waals surface area contributed by atoms with E-state index in [1.54, 1.807) is 37.1 Å². The summed E-state index contributed by atoms with van der Waals surface area (Å²) in [6.07, 6.45) is 2.53. The lowest BCUT2D eigenvalue weighted by Crippen LogP contribution is -2.26. The molecule has 0 atom stereocenters. The van der Waals surface area contributed by atoms with Gasteiger partial charge in [-0.2, -0.15) is 11.8 Å². The number of carbonyl (C=O) groups excluding carboxylic acids is 1. The summed E-state index contributed by atoms with van der Waals surface area (Å²) in [5, 5.41) is 2.85. The Morgan fingerprint density at radius 3 is 2.85 bits per heavy atom. The number of rotatable bonds is 8. The highest BCUT2D eigenvalue weighted by Crippen LogP contribution is 2.26. The molecule has 0 aromatic heterocycles. The van der Waals surface area contributed by atoms with Gasteiger partial charge in [0.25, 0.3) is 0 Å². The Balaban J connectivity index is 2.46. The van der Waals surface area contributed by atoms with Gasteiger partial charge < -0.3 is 20.7 Å². The van der Waals surface area contributed by atoms with Crippen LogP contribution in [0.3, 0.4) is 0 Å². The van der Waals surface area contributed by atoms with Gasteiger partial charge in [0.2, 0.25) is 5.91 Å². The first-order valence-electron chi connectivity index (χ1n) is 6.47. The van der Waals surface area contributed by atoms with E-state index in [1.807, 2.05) is 7.05 Å². The first-order valence-corrected chi connectivity index (χ1v) is 7.87. The number of thioether (sulfide) groups is 1. The zero-order valence-electron chi connectivity index (χ0n) is 12.3. The van der Waals surface area contributed by atoms with E-state index in [0.717, 1.165) is 18.8 Å². The van der Waals surface area contributed by atoms with Crippen molar-refractivity contribution in [3.05, 3.63) is 18.2 Å². The fourth-order valence-corrected chi connectivity index (χ4v) is 2.17. The predicted octanol–water partition coefficient (Wildman–Crippen LogP) is 1.90. The van der Waals surface area contributed by atoms with Gasteiger partial charge in [-0.3, -0.25) is 4.79 Å². The maximum atomic E-state index is 11.9. The molecule has 0 fully saturated rings. The van der Waals surface area contributed by atoms with Crippen LogP contribution in [-0.2, 0) is 4.79 Å². The van der Waals surface area contributed by atoms with E-state index in [1.165, 1.54) is 0 Å². The van der Waals surface area contributed by atoms with Gasteiger partial charge in [-0.25, -0.2) is 0 Å². The van der Waals surface area contributed by atoms with Crippen LogP contribution in [0.2, 0.25) is 0 Å². The summed E-state index contributed by atoms with van der Waals surface area (Å²) >= 11 is 1.80. The standard InChI is InChI=1S/C14H23N3O2S/c1-17(8-9-20-3)7-6-14(18)16-12-5-4-11(15)10-13(12)19-2/h4-5,10H,6-9,15H2,1-3H3,(H,16,18). The van der Waals surface area contributed by atoms with E-state index in [4.69, 9.17) is 10.5 Å². The molecular formula is C14H23N3O2S. The highest BCUT2D eigenvalue weighted by atomic mass is 32.2. The van der Waals surface area contributed by atoms with Crippen molar-refractivity contribution in [2.24, 2.45) is 0 Å². The molecule has 1 rings (SSSR count). The Morgan fingerprint density at radius 1 is 1.45 bits per heavy atom. The van der Waals surface area contributed by atoms with Crippen molar-refractivity contribution in [3.8, 4) is 5.75 Å². The zero-order chi connectivity index (χ0) is 15.0. The molecule has 3 N–H and O–H groups in total. The Labute approximate surface area is 124 Å². The van der Waals surface area contributed by atoms with E-state index in [0.29, 0.717) is 23.5 Å². The number of amides is 1. The second kappa shape index (κ2) is 8.71. The average molecular weight is 297 g/mol. The monoisotopic (exact) mass is 297 g/mol. The van der Waals surface area contributed by atoms with Crippen LogP contribution < -0.4 is 15.8 Å². The maximum absolute atomic E-state index is 11.9. The van der Waals surface area contributed by atoms with Gasteiger partial charge in [-0.05, 0) is 25.4 Å². The van der Waals surface area contributed by atoms with Crippen LogP contribution in [0.1, 0.15) is 6.42 Å². The summed E-state index contributed by atoms with van der Waals surface area (Å²) in [5.41, 5.74) is 6.94. The van der Waals surface area contributed by atoms with Crippen molar-refractivity contribution >= 4 is 29.0 Å². The number of hydrogen-bond donors (Lipinski definition) is 2. The number of nitrogens with one attached hydrogen (secondary N) is 1. The highest BCUT2D eigenvalue weighted by Gasteiger charge is 2.09. The Morgan fingerprint density at radius 2 is 2.20 bits per heavy atom. The molecule has 1 amide bonds. The molecular weight excluding hydrogens is 274 g/mol. The van der Waals surface area contributed by atoms with Crippen LogP contribution in [0.15, 0.2) is 18.2 Å². The minimum Gasteiger partial charge on any atom is -0.494 e. The molecule has 0 saturated heterocycles. The normalized spacial score (nSPS) is 10.6. The fraction of sp³-hybridized carbons (Fsp3) is 0.500. The molecule has 6 heteroatoms. The van der Waals surface area contributed by atoms with Gasteiger partial charge >= 0.3 is 0 Å². The summed E-state index contributed by atoms with van der Waals surface area (Å²) in [6.45, 7) is 1.73. The number of nitrogens with two attached hydrogens (primary N) is 1. The smallest absolute Gasteiger partial charge is 0.225 e. The molecule has 1 aromatic carbocycles. The van der Waals surface area contributed by atoms with E-state index in [9.17, 15) is 4.79 Å². The van der Waals surface area contributed by atoms with Crippen LogP contribution in [0.5, 0.6) is 5.75 Å². The number of hydrogen-bond acceptors (Lipinski definition) is 5. The first-order chi connectivity index (χ1) is 9.56. The SMILES string of the molecule is COc1cc(N)ccc1NC(=O)CCN(C)CCSC. The largest absolute Gasteiger partial charge is 0.494 e. The lowest BCUT2D eigenvalue weighted by molar-refractivity contribution is -0.116. The molecule has 112 valence electrons. The molecule has 0 heterocycles. The third kappa shape index (κ3) is 5.71. The van der Waals surface area contributed by atoms with Crippen LogP contribution in [0, 0.1) is 0 Å². The maximum Gasteiger partial charge on any atom is 0.225 e. The lowest BCUT2D eigenvalue weighted by Gasteiger charge is -2.16. The fourth-order valence-electron chi connectivity index (χ4n) is 1.68. The average Bonchev–Trinajstić information content (AvgIpc) is 2.44. The molecule has 5 nitrogen and oxygen atoms in total. The van der Waals surface area contributed by atoms with Crippen molar-refractivity contribution in [2.75, 3.05) is 50.3 Å². The summed E-state index contributed by atoms with van der Waals surface area (Å²) in [4.78, 5) is 14.1. The molecule has 0 spiro atoms. The Hall–Kier alpha value is -1.40. The summed E-state index contributed by atoms with van der Waals surface area (Å²) < 4.78 is 5.20. The van der Waals surface area contributed by atoms with Crippen molar-refractivity contribution in [3.63, 3.8) is 0 Å². The van der Waals surface area contributed by atoms with Gasteiger partial charge in [0.1, 0.15) is 5.75 Å². The molecule has 0 unspecified atom stereocenters. The molecule has 0 aliphatic rings. The summed E-state index contributed by atoms with van der Waals surface area (Å²) in [5.74, 6) is 1.63. The third-order valence-corrected chi connectivity index (χ3v) is 3.49. The van der Waals surface area contributed by atoms with Gasteiger partial charge in [-0.15, -0.1) is 0 Å². The van der Waals surface area contributed by atoms with E-state index in [-0.39, 0.29) is 5.91 Å². The summed E-state index contributed by atoms with van der Waals surface area (Å²) in [7, 11) is 3.58. The van der Waals surface area contributed by atoms with E-state index in [2.05, 4.69) is 16.5 Å². The van der Waals surface area contributed by atoms with Crippen LogP contribution in [0.4, 0.5) is 11.4 Å². The van der Waals surface area contributed by atoms with Gasteiger partial charge in [0.05, 0.1) is 12.8 Å². The molecule has 0 aliphatic carbocycles. The number of methoxy groups -OCH3 is 1. The topological polar surface area (TPSA) is 67.6 Å². The van der Waals surface area contributed by atoms with E-state index < -0.39 is 0 Å². The Kier molecular flexibility index (Phi) is 7.25. The minimum absolute atomic E-state index is 0.0240. The number of nitrogens with zero attached hydrogens (tertiary/aromatic N) is 1. The number of anilines is 2. The third-order valence-electron chi connectivity index (χ3n) is 2.90. The van der Waals surface area contributed by atoms with Crippen molar-refractivity contribution in [1.82, 2.24) is 4.90 Å². The number of nitrogen functional groups attached to an aromatic ring is 1. The molecule has 1 aromatic rings. The Bertz CT molecular complexity index is 440. The first kappa shape index (κ1) is 16.7. The van der Waals surface area contributed by atoms with Crippen molar-refractivity contribution < 1.29 is 9.53 Å². The van der Waals surface area contributed by atoms with E-state index >= 15 is 0 Å². The molecule has 0 aliphatic heterocycles. The van der Waals surface area contributed by atoms with Gasteiger partial charge in [0, 0.05) is 37.0 Å². The number of benzene rings is 1. The van der Waals surface area contributed by atoms with Crippen LogP contribution in [-0.4, -0.2) is 50.1 Å². The second-order valence-corrected chi connectivity index (χ2v) is 5.54. The van der Waals surface area contributed by atoms with Crippen LogP contribution in [0.25, 0.3) is 0 Å². The summed E-state index contributed by atoms with van der Waals surface area (Å²) in [6, 6.07) is 5.19. The molecule has 0 saturated carbocycles. The van der Waals surface area contributed by atoms with Crippen molar-refractivity contribution in [1.29, 1.82) is 0 Å². The highest BCUT2D eigenvalue weighted by molar-refractivity contribution is 7.98. The minimum atomic E-state index is -0.0240. The molecule has 0 radical (unpaired) electrons.